The Kier molecular flexibility index (Phi) is 5.47. The highest BCUT2D eigenvalue weighted by atomic mass is 32.1. The van der Waals surface area contributed by atoms with Crippen molar-refractivity contribution in [3.8, 4) is 21.8 Å². The minimum atomic E-state index is -4.57. The van der Waals surface area contributed by atoms with E-state index in [0.717, 1.165) is 16.7 Å². The molecule has 1 aliphatic rings. The van der Waals surface area contributed by atoms with Crippen LogP contribution < -0.4 is 5.32 Å². The molecular formula is C22H18F4N6OS. The summed E-state index contributed by atoms with van der Waals surface area (Å²) in [5, 5.41) is 7.90. The molecule has 1 aliphatic heterocycles. The summed E-state index contributed by atoms with van der Waals surface area (Å²) in [6.45, 7) is 0.339. The minimum Gasteiger partial charge on any atom is -0.347 e. The number of imidazole rings is 1. The lowest BCUT2D eigenvalue weighted by Gasteiger charge is -2.24. The molecule has 12 heteroatoms. The number of amides is 1. The van der Waals surface area contributed by atoms with Gasteiger partial charge in [0.15, 0.2) is 5.69 Å². The molecule has 1 N–H and O–H groups in total. The van der Waals surface area contributed by atoms with E-state index in [-0.39, 0.29) is 28.0 Å². The zero-order valence-electron chi connectivity index (χ0n) is 17.8. The van der Waals surface area contributed by atoms with Crippen molar-refractivity contribution in [3.05, 3.63) is 65.1 Å². The smallest absolute Gasteiger partial charge is 0.347 e. The summed E-state index contributed by atoms with van der Waals surface area (Å²) in [5.74, 6) is -0.385. The van der Waals surface area contributed by atoms with Crippen LogP contribution in [0, 0.1) is 5.95 Å². The van der Waals surface area contributed by atoms with Gasteiger partial charge in [-0.1, -0.05) is 30.3 Å². The van der Waals surface area contributed by atoms with E-state index in [9.17, 15) is 22.4 Å². The standard InChI is InChI=1S/C22H18F4N6OS/c1-31-18(14(10-27-31)21-29-15(11-34-21)22(24,25)26)20(33)28-13-7-8-32-16(9-13)30-17(19(32)23)12-5-3-2-4-6-12/h2-6,10-11,13H,7-9H2,1H3,(H,28,33). The Morgan fingerprint density at radius 1 is 1.21 bits per heavy atom. The van der Waals surface area contributed by atoms with Crippen LogP contribution in [0.2, 0.25) is 0 Å². The maximum Gasteiger partial charge on any atom is 0.434 e. The number of fused-ring (bicyclic) bond motifs is 1. The van der Waals surface area contributed by atoms with Gasteiger partial charge in [0, 0.05) is 37.0 Å². The molecule has 0 fully saturated rings. The van der Waals surface area contributed by atoms with Crippen LogP contribution in [0.25, 0.3) is 21.8 Å². The fraction of sp³-hybridized carbons (Fsp3) is 0.273. The van der Waals surface area contributed by atoms with Gasteiger partial charge < -0.3 is 9.88 Å². The maximum absolute atomic E-state index is 14.9. The zero-order chi connectivity index (χ0) is 24.0. The molecule has 3 aromatic heterocycles. The number of hydrogen-bond acceptors (Lipinski definition) is 5. The van der Waals surface area contributed by atoms with Gasteiger partial charge in [-0.3, -0.25) is 9.48 Å². The second-order valence-electron chi connectivity index (χ2n) is 7.91. The summed E-state index contributed by atoms with van der Waals surface area (Å²) in [5.41, 5.74) is 0.242. The lowest BCUT2D eigenvalue weighted by molar-refractivity contribution is -0.140. The number of alkyl halides is 3. The predicted octanol–water partition coefficient (Wildman–Crippen LogP) is 4.31. The molecule has 34 heavy (non-hydrogen) atoms. The van der Waals surface area contributed by atoms with Crippen molar-refractivity contribution in [1.29, 1.82) is 0 Å². The molecule has 1 aromatic carbocycles. The van der Waals surface area contributed by atoms with Crippen molar-refractivity contribution in [2.75, 3.05) is 0 Å². The Bertz CT molecular complexity index is 1360. The highest BCUT2D eigenvalue weighted by molar-refractivity contribution is 7.13. The Labute approximate surface area is 195 Å². The van der Waals surface area contributed by atoms with Crippen molar-refractivity contribution < 1.29 is 22.4 Å². The van der Waals surface area contributed by atoms with E-state index in [1.807, 2.05) is 18.2 Å². The molecule has 1 atom stereocenters. The normalized spacial score (nSPS) is 15.9. The number of aromatic nitrogens is 5. The molecule has 7 nitrogen and oxygen atoms in total. The number of hydrogen-bond donors (Lipinski definition) is 1. The molecule has 0 bridgehead atoms. The molecular weight excluding hydrogens is 472 g/mol. The Morgan fingerprint density at radius 3 is 2.68 bits per heavy atom. The van der Waals surface area contributed by atoms with Crippen molar-refractivity contribution in [2.24, 2.45) is 7.05 Å². The van der Waals surface area contributed by atoms with Gasteiger partial charge in [0.05, 0.1) is 11.8 Å². The highest BCUT2D eigenvalue weighted by Gasteiger charge is 2.35. The van der Waals surface area contributed by atoms with Gasteiger partial charge in [0.2, 0.25) is 5.95 Å². The van der Waals surface area contributed by atoms with Crippen LogP contribution in [-0.4, -0.2) is 36.3 Å². The number of nitrogens with one attached hydrogen (secondary N) is 1. The number of rotatable bonds is 4. The number of halogens is 4. The van der Waals surface area contributed by atoms with Gasteiger partial charge >= 0.3 is 6.18 Å². The minimum absolute atomic E-state index is 0.0549. The van der Waals surface area contributed by atoms with E-state index in [1.54, 1.807) is 12.1 Å². The van der Waals surface area contributed by atoms with Crippen LogP contribution in [-0.2, 0) is 26.2 Å². The molecule has 1 amide bonds. The number of carbonyl (C=O) groups is 1. The fourth-order valence-corrected chi connectivity index (χ4v) is 4.85. The second-order valence-corrected chi connectivity index (χ2v) is 8.77. The molecule has 4 heterocycles. The summed E-state index contributed by atoms with van der Waals surface area (Å²) < 4.78 is 56.6. The van der Waals surface area contributed by atoms with Gasteiger partial charge in [-0.25, -0.2) is 9.97 Å². The summed E-state index contributed by atoms with van der Waals surface area (Å²) >= 11 is 0.794. The molecule has 0 spiro atoms. The first-order valence-electron chi connectivity index (χ1n) is 10.4. The predicted molar refractivity (Wildman–Crippen MR) is 117 cm³/mol. The van der Waals surface area contributed by atoms with Gasteiger partial charge in [-0.05, 0) is 6.42 Å². The van der Waals surface area contributed by atoms with Crippen molar-refractivity contribution in [2.45, 2.75) is 31.6 Å². The number of carbonyl (C=O) groups excluding carboxylic acids is 1. The van der Waals surface area contributed by atoms with E-state index in [4.69, 9.17) is 0 Å². The average Bonchev–Trinajstić information content (AvgIpc) is 3.51. The van der Waals surface area contributed by atoms with Gasteiger partial charge in [0.1, 0.15) is 22.2 Å². The first kappa shape index (κ1) is 22.3. The summed E-state index contributed by atoms with van der Waals surface area (Å²) in [6.07, 6.45) is -2.46. The lowest BCUT2D eigenvalue weighted by Crippen LogP contribution is -2.41. The molecule has 4 aromatic rings. The van der Waals surface area contributed by atoms with Crippen LogP contribution in [0.1, 0.15) is 28.4 Å². The number of thiazole rings is 1. The monoisotopic (exact) mass is 490 g/mol. The average molecular weight is 490 g/mol. The number of nitrogens with zero attached hydrogens (tertiary/aromatic N) is 5. The van der Waals surface area contributed by atoms with Gasteiger partial charge in [-0.15, -0.1) is 11.3 Å². The van der Waals surface area contributed by atoms with E-state index >= 15 is 0 Å². The Balaban J connectivity index is 1.36. The molecule has 0 aliphatic carbocycles. The molecule has 0 saturated heterocycles. The van der Waals surface area contributed by atoms with Crippen molar-refractivity contribution >= 4 is 17.2 Å². The quantitative estimate of drug-likeness (QED) is 0.433. The van der Waals surface area contributed by atoms with Crippen LogP contribution in [0.15, 0.2) is 41.9 Å². The third-order valence-electron chi connectivity index (χ3n) is 5.68. The number of benzene rings is 1. The van der Waals surface area contributed by atoms with Crippen LogP contribution in [0.4, 0.5) is 17.6 Å². The SMILES string of the molecule is Cn1ncc(-c2nc(C(F)(F)F)cs2)c1C(=O)NC1CCn2c(nc(-c3ccccc3)c2F)C1. The van der Waals surface area contributed by atoms with E-state index in [2.05, 4.69) is 20.4 Å². The Hall–Kier alpha value is -3.54. The largest absolute Gasteiger partial charge is 0.434 e. The summed E-state index contributed by atoms with van der Waals surface area (Å²) in [7, 11) is 1.53. The molecule has 0 radical (unpaired) electrons. The third-order valence-corrected chi connectivity index (χ3v) is 6.55. The van der Waals surface area contributed by atoms with Gasteiger partial charge in [0.25, 0.3) is 5.91 Å². The fourth-order valence-electron chi connectivity index (χ4n) is 4.01. The molecule has 0 saturated carbocycles. The number of aryl methyl sites for hydroxylation is 1. The first-order valence-corrected chi connectivity index (χ1v) is 11.3. The second kappa shape index (κ2) is 8.35. The van der Waals surface area contributed by atoms with Crippen molar-refractivity contribution in [1.82, 2.24) is 29.6 Å². The molecule has 5 rings (SSSR count). The lowest BCUT2D eigenvalue weighted by atomic mass is 10.1. The summed E-state index contributed by atoms with van der Waals surface area (Å²) in [4.78, 5) is 21.2. The van der Waals surface area contributed by atoms with Crippen LogP contribution >= 0.6 is 11.3 Å². The van der Waals surface area contributed by atoms with Crippen LogP contribution in [0.5, 0.6) is 0 Å². The van der Waals surface area contributed by atoms with Gasteiger partial charge in [-0.2, -0.15) is 22.7 Å². The zero-order valence-corrected chi connectivity index (χ0v) is 18.6. The van der Waals surface area contributed by atoms with Crippen LogP contribution in [0.3, 0.4) is 0 Å². The summed E-state index contributed by atoms with van der Waals surface area (Å²) in [6, 6.07) is 8.69. The maximum atomic E-state index is 14.9. The molecule has 176 valence electrons. The van der Waals surface area contributed by atoms with E-state index in [1.165, 1.54) is 22.5 Å². The highest BCUT2D eigenvalue weighted by Crippen LogP contribution is 2.34. The van der Waals surface area contributed by atoms with Crippen molar-refractivity contribution in [3.63, 3.8) is 0 Å². The first-order chi connectivity index (χ1) is 16.2. The molecule has 1 unspecified atom stereocenters. The van der Waals surface area contributed by atoms with E-state index < -0.39 is 23.7 Å². The topological polar surface area (TPSA) is 77.6 Å². The third kappa shape index (κ3) is 3.98. The van der Waals surface area contributed by atoms with E-state index in [0.29, 0.717) is 30.8 Å². The Morgan fingerprint density at radius 2 is 1.97 bits per heavy atom.